The second-order valence-electron chi connectivity index (χ2n) is 8.71. The lowest BCUT2D eigenvalue weighted by Crippen LogP contribution is -2.29. The van der Waals surface area contributed by atoms with Crippen LogP contribution >= 0.6 is 23.1 Å². The molecule has 2 N–H and O–H groups in total. The van der Waals surface area contributed by atoms with Gasteiger partial charge in [-0.2, -0.15) is 0 Å². The van der Waals surface area contributed by atoms with Gasteiger partial charge in [-0.3, -0.25) is 14.5 Å². The molecule has 1 aliphatic heterocycles. The van der Waals surface area contributed by atoms with E-state index in [2.05, 4.69) is 10.2 Å². The summed E-state index contributed by atoms with van der Waals surface area (Å²) in [5, 5.41) is 30.2. The summed E-state index contributed by atoms with van der Waals surface area (Å²) in [4.78, 5) is 28.0. The highest BCUT2D eigenvalue weighted by Gasteiger charge is 2.48. The van der Waals surface area contributed by atoms with Crippen LogP contribution in [0.25, 0.3) is 5.76 Å². The highest BCUT2D eigenvalue weighted by Crippen LogP contribution is 2.44. The van der Waals surface area contributed by atoms with Crippen molar-refractivity contribution in [2.45, 2.75) is 30.0 Å². The van der Waals surface area contributed by atoms with E-state index in [1.165, 1.54) is 40.1 Å². The molecule has 3 aromatic carbocycles. The van der Waals surface area contributed by atoms with Crippen molar-refractivity contribution in [1.82, 2.24) is 10.2 Å². The van der Waals surface area contributed by atoms with Crippen LogP contribution in [0.5, 0.6) is 5.75 Å². The van der Waals surface area contributed by atoms with E-state index in [-0.39, 0.29) is 22.2 Å². The Morgan fingerprint density at radius 3 is 2.54 bits per heavy atom. The van der Waals surface area contributed by atoms with Gasteiger partial charge in [-0.15, -0.1) is 10.2 Å². The molecule has 0 saturated carbocycles. The molecule has 7 nitrogen and oxygen atoms in total. The van der Waals surface area contributed by atoms with Gasteiger partial charge in [0, 0.05) is 11.3 Å². The normalized spacial score (nSPS) is 16.9. The van der Waals surface area contributed by atoms with Crippen molar-refractivity contribution in [3.8, 4) is 5.75 Å². The van der Waals surface area contributed by atoms with E-state index in [4.69, 9.17) is 0 Å². The lowest BCUT2D eigenvalue weighted by Gasteiger charge is -2.23. The van der Waals surface area contributed by atoms with Gasteiger partial charge in [0.1, 0.15) is 11.5 Å². The van der Waals surface area contributed by atoms with Crippen molar-refractivity contribution in [2.24, 2.45) is 0 Å². The molecular formula is C28H23N3O4S2. The Kier molecular flexibility index (Phi) is 6.82. The lowest BCUT2D eigenvalue weighted by atomic mass is 9.93. The third-order valence-corrected chi connectivity index (χ3v) is 8.21. The Morgan fingerprint density at radius 2 is 1.78 bits per heavy atom. The van der Waals surface area contributed by atoms with Crippen molar-refractivity contribution >= 4 is 45.7 Å². The van der Waals surface area contributed by atoms with E-state index < -0.39 is 17.7 Å². The van der Waals surface area contributed by atoms with Crippen LogP contribution in [0.4, 0.5) is 5.13 Å². The summed E-state index contributed by atoms with van der Waals surface area (Å²) in [5.74, 6) is -1.24. The van der Waals surface area contributed by atoms with Gasteiger partial charge in [0.2, 0.25) is 5.13 Å². The highest BCUT2D eigenvalue weighted by molar-refractivity contribution is 8.00. The van der Waals surface area contributed by atoms with E-state index in [1.54, 1.807) is 18.2 Å². The summed E-state index contributed by atoms with van der Waals surface area (Å²) in [7, 11) is 0. The van der Waals surface area contributed by atoms with Gasteiger partial charge in [-0.25, -0.2) is 0 Å². The number of phenols is 1. The van der Waals surface area contributed by atoms with Crippen molar-refractivity contribution in [2.75, 3.05) is 4.90 Å². The average molecular weight is 530 g/mol. The summed E-state index contributed by atoms with van der Waals surface area (Å²) >= 11 is 2.68. The van der Waals surface area contributed by atoms with Gasteiger partial charge in [-0.1, -0.05) is 83.3 Å². The summed E-state index contributed by atoms with van der Waals surface area (Å²) in [6, 6.07) is 20.8. The molecule has 1 saturated heterocycles. The number of aryl methyl sites for hydroxylation is 2. The fourth-order valence-electron chi connectivity index (χ4n) is 4.25. The number of amides is 1. The number of anilines is 1. The molecule has 1 unspecified atom stereocenters. The average Bonchev–Trinajstić information content (AvgIpc) is 3.46. The third-order valence-electron chi connectivity index (χ3n) is 6.09. The molecular weight excluding hydrogens is 506 g/mol. The van der Waals surface area contributed by atoms with E-state index in [9.17, 15) is 19.8 Å². The number of rotatable bonds is 6. The number of benzene rings is 3. The minimum absolute atomic E-state index is 0.0220. The van der Waals surface area contributed by atoms with Gasteiger partial charge in [0.05, 0.1) is 11.6 Å². The number of ketones is 1. The largest absolute Gasteiger partial charge is 0.508 e. The Morgan fingerprint density at radius 1 is 1.00 bits per heavy atom. The third kappa shape index (κ3) is 4.87. The zero-order valence-electron chi connectivity index (χ0n) is 20.1. The van der Waals surface area contributed by atoms with E-state index >= 15 is 0 Å². The molecule has 37 heavy (non-hydrogen) atoms. The number of carbonyl (C=O) groups excluding carboxylic acids is 2. The van der Waals surface area contributed by atoms with Gasteiger partial charge in [0.25, 0.3) is 5.78 Å². The molecule has 9 heteroatoms. The van der Waals surface area contributed by atoms with Crippen LogP contribution in [0, 0.1) is 13.8 Å². The number of aliphatic hydroxyl groups is 1. The molecule has 1 atom stereocenters. The second kappa shape index (κ2) is 10.2. The number of aromatic hydroxyl groups is 1. The fraction of sp³-hybridized carbons (Fsp3) is 0.143. The van der Waals surface area contributed by atoms with Crippen LogP contribution in [-0.4, -0.2) is 32.1 Å². The number of carbonyl (C=O) groups is 2. The molecule has 186 valence electrons. The Labute approximate surface area is 222 Å². The molecule has 5 rings (SSSR count). The maximum atomic E-state index is 13.4. The van der Waals surface area contributed by atoms with Crippen LogP contribution in [0.3, 0.4) is 0 Å². The first-order valence-corrected chi connectivity index (χ1v) is 13.3. The zero-order valence-corrected chi connectivity index (χ0v) is 21.7. The van der Waals surface area contributed by atoms with E-state index in [1.807, 2.05) is 56.3 Å². The number of phenolic OH excluding ortho intramolecular Hbond substituents is 1. The first kappa shape index (κ1) is 24.7. The molecule has 0 spiro atoms. The Balaban J connectivity index is 1.58. The molecule has 0 aliphatic carbocycles. The van der Waals surface area contributed by atoms with Crippen molar-refractivity contribution < 1.29 is 19.8 Å². The van der Waals surface area contributed by atoms with Crippen molar-refractivity contribution in [1.29, 1.82) is 0 Å². The number of aromatic nitrogens is 2. The lowest BCUT2D eigenvalue weighted by molar-refractivity contribution is -0.132. The molecule has 2 heterocycles. The van der Waals surface area contributed by atoms with Crippen LogP contribution in [0.15, 0.2) is 82.7 Å². The van der Waals surface area contributed by atoms with Gasteiger partial charge in [-0.05, 0) is 48.7 Å². The number of nitrogens with zero attached hydrogens (tertiary/aromatic N) is 3. The number of hydrogen-bond acceptors (Lipinski definition) is 8. The molecule has 0 bridgehead atoms. The highest BCUT2D eigenvalue weighted by atomic mass is 32.2. The first-order chi connectivity index (χ1) is 17.8. The Bertz CT molecular complexity index is 1530. The number of hydrogen-bond donors (Lipinski definition) is 2. The summed E-state index contributed by atoms with van der Waals surface area (Å²) in [6.45, 7) is 3.71. The van der Waals surface area contributed by atoms with Crippen LogP contribution in [-0.2, 0) is 15.3 Å². The minimum Gasteiger partial charge on any atom is -0.508 e. The second-order valence-corrected chi connectivity index (χ2v) is 10.9. The topological polar surface area (TPSA) is 104 Å². The van der Waals surface area contributed by atoms with Gasteiger partial charge < -0.3 is 10.2 Å². The van der Waals surface area contributed by atoms with Crippen LogP contribution in [0.1, 0.15) is 33.9 Å². The molecule has 1 fully saturated rings. The van der Waals surface area contributed by atoms with E-state index in [0.29, 0.717) is 21.2 Å². The number of aliphatic hydroxyl groups excluding tert-OH is 1. The fourth-order valence-corrected chi connectivity index (χ4v) is 6.08. The standard InChI is InChI=1S/C28H23N3O4S2/c1-16-11-12-17(2)21(13-16)24(33)22-23(19-9-6-10-20(32)14-19)31(26(35)25(22)34)27-29-30-28(37-27)36-15-18-7-4-3-5-8-18/h3-14,23,32-33H,15H2,1-2H3/b24-22+. The monoisotopic (exact) mass is 529 g/mol. The van der Waals surface area contributed by atoms with Gasteiger partial charge in [0.15, 0.2) is 4.34 Å². The van der Waals surface area contributed by atoms with Crippen molar-refractivity contribution in [3.05, 3.63) is 106 Å². The molecule has 0 radical (unpaired) electrons. The first-order valence-electron chi connectivity index (χ1n) is 11.5. The van der Waals surface area contributed by atoms with Crippen LogP contribution < -0.4 is 4.90 Å². The van der Waals surface area contributed by atoms with Crippen molar-refractivity contribution in [3.63, 3.8) is 0 Å². The maximum Gasteiger partial charge on any atom is 0.301 e. The predicted molar refractivity (Wildman–Crippen MR) is 145 cm³/mol. The molecule has 1 aliphatic rings. The Hall–Kier alpha value is -3.95. The zero-order chi connectivity index (χ0) is 26.1. The number of thioether (sulfide) groups is 1. The quantitative estimate of drug-likeness (QED) is 0.107. The van der Waals surface area contributed by atoms with Gasteiger partial charge >= 0.3 is 5.91 Å². The molecule has 1 amide bonds. The van der Waals surface area contributed by atoms with E-state index in [0.717, 1.165) is 16.7 Å². The summed E-state index contributed by atoms with van der Waals surface area (Å²) < 4.78 is 0.643. The number of Topliss-reactive ketones (excluding diaryl/α,β-unsaturated/α-hetero) is 1. The SMILES string of the molecule is Cc1ccc(C)c(/C(O)=C2\C(=O)C(=O)N(c3nnc(SCc4ccccc4)s3)C2c2cccc(O)c2)c1. The maximum absolute atomic E-state index is 13.4. The van der Waals surface area contributed by atoms with Crippen LogP contribution in [0.2, 0.25) is 0 Å². The predicted octanol–water partition coefficient (Wildman–Crippen LogP) is 5.78. The smallest absolute Gasteiger partial charge is 0.301 e. The summed E-state index contributed by atoms with van der Waals surface area (Å²) in [5.41, 5.74) is 3.68. The molecule has 1 aromatic heterocycles. The molecule has 4 aromatic rings. The summed E-state index contributed by atoms with van der Waals surface area (Å²) in [6.07, 6.45) is 0. The minimum atomic E-state index is -0.980.